The molecular weight excluding hydrogens is 220 g/mol. The van der Waals surface area contributed by atoms with Gasteiger partial charge in [0.2, 0.25) is 0 Å². The molecule has 0 rings (SSSR count). The number of rotatable bonds is 2. The van der Waals surface area contributed by atoms with Gasteiger partial charge in [0.15, 0.2) is 0 Å². The number of ether oxygens (including phenoxy) is 1. The first-order valence-corrected chi connectivity index (χ1v) is 4.95. The van der Waals surface area contributed by atoms with Crippen molar-refractivity contribution in [2.75, 3.05) is 5.33 Å². The summed E-state index contributed by atoms with van der Waals surface area (Å²) in [6, 6.07) is 0. The van der Waals surface area contributed by atoms with Crippen LogP contribution >= 0.6 is 15.9 Å². The Morgan fingerprint density at radius 3 is 2.33 bits per heavy atom. The predicted molar refractivity (Wildman–Crippen MR) is 53.4 cm³/mol. The zero-order valence-electron chi connectivity index (χ0n) is 7.98. The summed E-state index contributed by atoms with van der Waals surface area (Å²) in [5, 5.41) is 0.679. The number of hydrogen-bond acceptors (Lipinski definition) is 2. The number of esters is 1. The summed E-state index contributed by atoms with van der Waals surface area (Å²) < 4.78 is 5.12. The van der Waals surface area contributed by atoms with Crippen molar-refractivity contribution >= 4 is 21.9 Å². The maximum Gasteiger partial charge on any atom is 0.333 e. The van der Waals surface area contributed by atoms with Gasteiger partial charge in [-0.2, -0.15) is 0 Å². The van der Waals surface area contributed by atoms with E-state index >= 15 is 0 Å². The predicted octanol–water partition coefficient (Wildman–Crippen LogP) is 2.67. The molecule has 0 heterocycles. The van der Waals surface area contributed by atoms with Crippen LogP contribution in [0.2, 0.25) is 0 Å². The van der Waals surface area contributed by atoms with Crippen molar-refractivity contribution in [3.63, 3.8) is 0 Å². The zero-order valence-corrected chi connectivity index (χ0v) is 9.56. The Hall–Kier alpha value is -0.310. The number of carbonyl (C=O) groups is 1. The third kappa shape index (κ3) is 5.35. The van der Waals surface area contributed by atoms with Crippen LogP contribution in [-0.4, -0.2) is 16.9 Å². The summed E-state index contributed by atoms with van der Waals surface area (Å²) in [4.78, 5) is 11.2. The van der Waals surface area contributed by atoms with Crippen LogP contribution in [0.1, 0.15) is 27.7 Å². The molecule has 0 saturated carbocycles. The largest absolute Gasteiger partial charge is 0.457 e. The lowest BCUT2D eigenvalue weighted by Crippen LogP contribution is -2.24. The van der Waals surface area contributed by atoms with Gasteiger partial charge in [-0.25, -0.2) is 4.79 Å². The highest BCUT2D eigenvalue weighted by atomic mass is 79.9. The van der Waals surface area contributed by atoms with Gasteiger partial charge in [0.1, 0.15) is 5.60 Å². The van der Waals surface area contributed by atoms with Crippen molar-refractivity contribution in [1.29, 1.82) is 0 Å². The van der Waals surface area contributed by atoms with Gasteiger partial charge in [-0.3, -0.25) is 0 Å². The van der Waals surface area contributed by atoms with Gasteiger partial charge in [0, 0.05) is 10.9 Å². The highest BCUT2D eigenvalue weighted by Gasteiger charge is 2.16. The molecule has 12 heavy (non-hydrogen) atoms. The van der Waals surface area contributed by atoms with Crippen LogP contribution in [0, 0.1) is 0 Å². The molecule has 0 fully saturated rings. The second-order valence-corrected chi connectivity index (χ2v) is 4.19. The van der Waals surface area contributed by atoms with E-state index in [1.807, 2.05) is 20.8 Å². The van der Waals surface area contributed by atoms with Crippen molar-refractivity contribution in [2.45, 2.75) is 33.3 Å². The molecule has 0 bridgehead atoms. The first kappa shape index (κ1) is 11.7. The molecule has 3 heteroatoms. The Labute approximate surface area is 82.1 Å². The van der Waals surface area contributed by atoms with Crippen molar-refractivity contribution < 1.29 is 9.53 Å². The monoisotopic (exact) mass is 234 g/mol. The lowest BCUT2D eigenvalue weighted by atomic mass is 10.2. The summed E-state index contributed by atoms with van der Waals surface area (Å²) in [5.41, 5.74) is 0.236. The van der Waals surface area contributed by atoms with Crippen molar-refractivity contribution in [3.8, 4) is 0 Å². The minimum Gasteiger partial charge on any atom is -0.457 e. The van der Waals surface area contributed by atoms with E-state index in [2.05, 4.69) is 15.9 Å². The number of halogens is 1. The number of carbonyl (C=O) groups excluding carboxylic acids is 1. The van der Waals surface area contributed by atoms with Gasteiger partial charge in [-0.15, -0.1) is 0 Å². The van der Waals surface area contributed by atoms with Gasteiger partial charge in [-0.05, 0) is 27.7 Å². The minimum absolute atomic E-state index is 0.248. The summed E-state index contributed by atoms with van der Waals surface area (Å²) >= 11 is 3.21. The van der Waals surface area contributed by atoms with Gasteiger partial charge in [0.05, 0.1) is 0 Å². The topological polar surface area (TPSA) is 26.3 Å². The van der Waals surface area contributed by atoms with E-state index in [0.29, 0.717) is 10.9 Å². The number of allylic oxidation sites excluding steroid dienone is 1. The molecule has 0 atom stereocenters. The van der Waals surface area contributed by atoms with Crippen LogP contribution in [-0.2, 0) is 9.53 Å². The Morgan fingerprint density at radius 2 is 2.00 bits per heavy atom. The fraction of sp³-hybridized carbons (Fsp3) is 0.667. The van der Waals surface area contributed by atoms with Crippen molar-refractivity contribution in [3.05, 3.63) is 11.6 Å². The normalized spacial score (nSPS) is 12.9. The van der Waals surface area contributed by atoms with E-state index in [4.69, 9.17) is 4.74 Å². The number of hydrogen-bond donors (Lipinski definition) is 0. The highest BCUT2D eigenvalue weighted by Crippen LogP contribution is 2.10. The van der Waals surface area contributed by atoms with Crippen LogP contribution < -0.4 is 0 Å². The summed E-state index contributed by atoms with van der Waals surface area (Å²) in [5.74, 6) is -0.248. The zero-order chi connectivity index (χ0) is 9.78. The smallest absolute Gasteiger partial charge is 0.333 e. The molecule has 0 aliphatic heterocycles. The lowest BCUT2D eigenvalue weighted by Gasteiger charge is -2.19. The van der Waals surface area contributed by atoms with Gasteiger partial charge in [0.25, 0.3) is 0 Å². The molecule has 0 unspecified atom stereocenters. The van der Waals surface area contributed by atoms with Gasteiger partial charge < -0.3 is 4.74 Å². The molecule has 0 aromatic carbocycles. The molecular formula is C9H15BrO2. The molecule has 0 spiro atoms. The standard InChI is InChI=1S/C9H15BrO2/c1-7(5-6-10)8(11)12-9(2,3)4/h5H,6H2,1-4H3/b7-5+. The molecule has 0 N–H and O–H groups in total. The summed E-state index contributed by atoms with van der Waals surface area (Å²) in [7, 11) is 0. The Bertz CT molecular complexity index is 189. The molecule has 0 aromatic heterocycles. The Morgan fingerprint density at radius 1 is 1.50 bits per heavy atom. The highest BCUT2D eigenvalue weighted by molar-refractivity contribution is 9.09. The fourth-order valence-corrected chi connectivity index (χ4v) is 1.04. The van der Waals surface area contributed by atoms with Crippen molar-refractivity contribution in [1.82, 2.24) is 0 Å². The Kier molecular flexibility index (Phi) is 4.53. The minimum atomic E-state index is -0.404. The summed E-state index contributed by atoms with van der Waals surface area (Å²) in [6.45, 7) is 7.31. The number of alkyl halides is 1. The second-order valence-electron chi connectivity index (χ2n) is 3.54. The van der Waals surface area contributed by atoms with E-state index < -0.39 is 5.60 Å². The molecule has 0 radical (unpaired) electrons. The van der Waals surface area contributed by atoms with Gasteiger partial charge >= 0.3 is 5.97 Å². The molecule has 0 amide bonds. The quantitative estimate of drug-likeness (QED) is 0.418. The van der Waals surface area contributed by atoms with Crippen molar-refractivity contribution in [2.24, 2.45) is 0 Å². The molecule has 70 valence electrons. The van der Waals surface area contributed by atoms with Crippen LogP contribution in [0.3, 0.4) is 0 Å². The van der Waals surface area contributed by atoms with E-state index in [-0.39, 0.29) is 5.97 Å². The molecule has 0 aliphatic carbocycles. The first-order chi connectivity index (χ1) is 5.37. The molecule has 0 aromatic rings. The molecule has 0 saturated heterocycles. The SMILES string of the molecule is C/C(=C\CBr)C(=O)OC(C)(C)C. The molecule has 2 nitrogen and oxygen atoms in total. The van der Waals surface area contributed by atoms with Crippen LogP contribution in [0.25, 0.3) is 0 Å². The maximum absolute atomic E-state index is 11.2. The average molecular weight is 235 g/mol. The van der Waals surface area contributed by atoms with Crippen LogP contribution in [0.4, 0.5) is 0 Å². The van der Waals surface area contributed by atoms with Gasteiger partial charge in [-0.1, -0.05) is 22.0 Å². The Balaban J connectivity index is 4.15. The molecule has 0 aliphatic rings. The average Bonchev–Trinajstić information content (AvgIpc) is 1.84. The van der Waals surface area contributed by atoms with Crippen LogP contribution in [0.15, 0.2) is 11.6 Å². The van der Waals surface area contributed by atoms with E-state index in [0.717, 1.165) is 0 Å². The van der Waals surface area contributed by atoms with E-state index in [9.17, 15) is 4.79 Å². The summed E-state index contributed by atoms with van der Waals surface area (Å²) in [6.07, 6.45) is 1.79. The van der Waals surface area contributed by atoms with E-state index in [1.165, 1.54) is 0 Å². The second kappa shape index (κ2) is 4.65. The lowest BCUT2D eigenvalue weighted by molar-refractivity contribution is -0.149. The maximum atomic E-state index is 11.2. The first-order valence-electron chi connectivity index (χ1n) is 3.83. The van der Waals surface area contributed by atoms with E-state index in [1.54, 1.807) is 13.0 Å². The third-order valence-electron chi connectivity index (χ3n) is 1.10. The fourth-order valence-electron chi connectivity index (χ4n) is 0.558. The van der Waals surface area contributed by atoms with Crippen LogP contribution in [0.5, 0.6) is 0 Å². The third-order valence-corrected chi connectivity index (χ3v) is 1.43.